The van der Waals surface area contributed by atoms with E-state index in [1.165, 1.54) is 12.1 Å². The highest BCUT2D eigenvalue weighted by molar-refractivity contribution is 9.10. The van der Waals surface area contributed by atoms with Crippen molar-refractivity contribution < 1.29 is 22.7 Å². The maximum absolute atomic E-state index is 14.6. The number of aromatic amines is 1. The van der Waals surface area contributed by atoms with Gasteiger partial charge in [0, 0.05) is 22.4 Å². The Bertz CT molecular complexity index is 2100. The van der Waals surface area contributed by atoms with Crippen molar-refractivity contribution in [2.24, 2.45) is 28.6 Å². The van der Waals surface area contributed by atoms with Crippen LogP contribution in [0.2, 0.25) is 5.02 Å². The molecule has 51 heavy (non-hydrogen) atoms. The Kier molecular flexibility index (Phi) is 10.6. The minimum Gasteiger partial charge on any atom is -0.458 e. The number of para-hydroxylation sites is 1. The highest BCUT2D eigenvalue weighted by Gasteiger charge is 2.48. The zero-order valence-electron chi connectivity index (χ0n) is 29.6. The van der Waals surface area contributed by atoms with E-state index in [9.17, 15) is 22.8 Å². The molecule has 274 valence electrons. The van der Waals surface area contributed by atoms with Gasteiger partial charge in [0.25, 0.3) is 5.56 Å². The van der Waals surface area contributed by atoms with Crippen molar-refractivity contribution in [3.05, 3.63) is 80.1 Å². The number of H-pyrrole nitrogens is 1. The quantitative estimate of drug-likeness (QED) is 0.117. The Morgan fingerprint density at radius 2 is 1.55 bits per heavy atom. The first kappa shape index (κ1) is 38.2. The van der Waals surface area contributed by atoms with Crippen molar-refractivity contribution in [2.45, 2.75) is 67.4 Å². The number of carbonyl (C=O) groups excluding carboxylic acids is 2. The van der Waals surface area contributed by atoms with Gasteiger partial charge in [0.1, 0.15) is 33.4 Å². The molecule has 0 bridgehead atoms. The number of nitrogens with one attached hydrogen (secondary N) is 4. The van der Waals surface area contributed by atoms with Gasteiger partial charge < -0.3 is 15.5 Å². The number of benzene rings is 2. The molecule has 1 saturated carbocycles. The van der Waals surface area contributed by atoms with Crippen LogP contribution in [0.15, 0.2) is 64.0 Å². The van der Waals surface area contributed by atoms with Crippen LogP contribution in [0.5, 0.6) is 0 Å². The Hall–Kier alpha value is -4.01. The maximum Gasteiger partial charge on any atom is 0.342 e. The second-order valence-electron chi connectivity index (χ2n) is 15.4. The Labute approximate surface area is 311 Å². The summed E-state index contributed by atoms with van der Waals surface area (Å²) < 4.78 is 37.2. The lowest BCUT2D eigenvalue weighted by Gasteiger charge is -2.50. The van der Waals surface area contributed by atoms with Crippen molar-refractivity contribution in [3.8, 4) is 11.1 Å². The first-order chi connectivity index (χ1) is 23.7. The fourth-order valence-corrected chi connectivity index (χ4v) is 8.65. The van der Waals surface area contributed by atoms with Crippen LogP contribution in [0.25, 0.3) is 16.8 Å². The summed E-state index contributed by atoms with van der Waals surface area (Å²) in [6, 6.07) is 13.4. The molecule has 0 spiro atoms. The van der Waals surface area contributed by atoms with E-state index >= 15 is 0 Å². The van der Waals surface area contributed by atoms with E-state index in [1.54, 1.807) is 42.5 Å². The summed E-state index contributed by atoms with van der Waals surface area (Å²) in [6.07, 6.45) is 1.34. The van der Waals surface area contributed by atoms with Gasteiger partial charge in [0.2, 0.25) is 0 Å². The molecule has 4 aromatic rings. The number of amides is 2. The normalized spacial score (nSPS) is 19.8. The zero-order chi connectivity index (χ0) is 37.6. The summed E-state index contributed by atoms with van der Waals surface area (Å²) in [5.41, 5.74) is 5.86. The van der Waals surface area contributed by atoms with Crippen LogP contribution in [0, 0.1) is 28.6 Å². The largest absolute Gasteiger partial charge is 0.458 e. The Balaban J connectivity index is 1.60. The van der Waals surface area contributed by atoms with E-state index in [0.29, 0.717) is 22.1 Å². The molecule has 1 aliphatic rings. The molecule has 6 N–H and O–H groups in total. The van der Waals surface area contributed by atoms with Crippen molar-refractivity contribution in [1.29, 1.82) is 0 Å². The average molecular weight is 804 g/mol. The fraction of sp³-hybridized carbons (Fsp3) is 0.417. The lowest BCUT2D eigenvalue weighted by atomic mass is 9.59. The SMILES string of the molecule is CC1CC(C(C)(C)C)C(OC(=O)c2c(-c3ccc(Cl)cc3)c(Br)n3c(=O)c(NC(=O)NS(=O)(=O)Nc4ccccc4)c(N)[nH]c23)C(C(C)(C)C)C1. The van der Waals surface area contributed by atoms with Crippen LogP contribution in [-0.4, -0.2) is 35.9 Å². The minimum atomic E-state index is -4.38. The lowest BCUT2D eigenvalue weighted by molar-refractivity contribution is -0.0922. The maximum atomic E-state index is 14.6. The highest BCUT2D eigenvalue weighted by atomic mass is 79.9. The third-order valence-electron chi connectivity index (χ3n) is 9.45. The van der Waals surface area contributed by atoms with Crippen molar-refractivity contribution in [2.75, 3.05) is 15.8 Å². The second-order valence-corrected chi connectivity index (χ2v) is 18.0. The molecule has 2 heterocycles. The van der Waals surface area contributed by atoms with Crippen molar-refractivity contribution in [1.82, 2.24) is 14.1 Å². The van der Waals surface area contributed by atoms with Gasteiger partial charge >= 0.3 is 22.2 Å². The smallest absolute Gasteiger partial charge is 0.342 e. The predicted octanol–water partition coefficient (Wildman–Crippen LogP) is 8.05. The number of fused-ring (bicyclic) bond motifs is 1. The molecular formula is C36H44BrClN6O6S. The molecular weight excluding hydrogens is 760 g/mol. The number of ether oxygens (including phenoxy) is 1. The molecule has 15 heteroatoms. The number of hydrogen-bond donors (Lipinski definition) is 5. The fourth-order valence-electron chi connectivity index (χ4n) is 6.97. The predicted molar refractivity (Wildman–Crippen MR) is 205 cm³/mol. The van der Waals surface area contributed by atoms with E-state index in [4.69, 9.17) is 22.1 Å². The standard InChI is InChI=1S/C36H44BrClN6O6S/c1-19-17-23(35(2,3)4)28(24(18-19)36(5,6)7)50-33(46)26-25(20-13-15-21(38)16-14-20)29(37)44-31(26)41-30(39)27(32(44)45)40-34(47)43-51(48,49)42-22-11-9-8-10-12-22/h8-16,19,23-24,28,41-42H,17-18,39H2,1-7H3,(H2,40,43,47). The number of esters is 1. The summed E-state index contributed by atoms with van der Waals surface area (Å²) in [5, 5.41) is 2.71. The molecule has 0 aliphatic heterocycles. The Morgan fingerprint density at radius 1 is 0.980 bits per heavy atom. The third kappa shape index (κ3) is 8.23. The summed E-state index contributed by atoms with van der Waals surface area (Å²) in [4.78, 5) is 44.5. The number of anilines is 3. The van der Waals surface area contributed by atoms with Crippen LogP contribution >= 0.6 is 27.5 Å². The number of hydrogen-bond acceptors (Lipinski definition) is 7. The molecule has 2 aromatic carbocycles. The molecule has 0 radical (unpaired) electrons. The van der Waals surface area contributed by atoms with Crippen molar-refractivity contribution >= 4 is 72.6 Å². The number of rotatable bonds is 7. The third-order valence-corrected chi connectivity index (χ3v) is 11.4. The number of nitrogens with two attached hydrogens (primary N) is 1. The van der Waals surface area contributed by atoms with Crippen LogP contribution in [0.1, 0.15) is 71.7 Å². The van der Waals surface area contributed by atoms with E-state index < -0.39 is 39.6 Å². The van der Waals surface area contributed by atoms with Gasteiger partial charge in [-0.3, -0.25) is 19.2 Å². The van der Waals surface area contributed by atoms with Crippen LogP contribution < -0.4 is 26.1 Å². The molecule has 2 amide bonds. The molecule has 5 rings (SSSR count). The molecule has 2 aromatic heterocycles. The van der Waals surface area contributed by atoms with E-state index in [2.05, 4.69) is 79.4 Å². The van der Waals surface area contributed by atoms with Crippen LogP contribution in [-0.2, 0) is 14.9 Å². The van der Waals surface area contributed by atoms with E-state index in [-0.39, 0.29) is 50.0 Å². The number of carbonyl (C=O) groups is 2. The molecule has 2 atom stereocenters. The average Bonchev–Trinajstić information content (AvgIpc) is 3.30. The summed E-state index contributed by atoms with van der Waals surface area (Å²) in [5.74, 6) is -0.429. The number of urea groups is 1. The topological polar surface area (TPSA) is 177 Å². The summed E-state index contributed by atoms with van der Waals surface area (Å²) in [7, 11) is -4.38. The lowest BCUT2D eigenvalue weighted by Crippen LogP contribution is -2.49. The minimum absolute atomic E-state index is 0.0208. The van der Waals surface area contributed by atoms with Gasteiger partial charge in [-0.25, -0.2) is 14.3 Å². The highest BCUT2D eigenvalue weighted by Crippen LogP contribution is 2.50. The van der Waals surface area contributed by atoms with Gasteiger partial charge in [0.15, 0.2) is 0 Å². The zero-order valence-corrected chi connectivity index (χ0v) is 32.7. The van der Waals surface area contributed by atoms with Gasteiger partial charge in [-0.05, 0) is 75.3 Å². The first-order valence-corrected chi connectivity index (χ1v) is 19.2. The molecule has 0 saturated heterocycles. The van der Waals surface area contributed by atoms with Gasteiger partial charge in [-0.1, -0.05) is 90.4 Å². The van der Waals surface area contributed by atoms with E-state index in [1.807, 2.05) is 4.72 Å². The monoisotopic (exact) mass is 802 g/mol. The van der Waals surface area contributed by atoms with Crippen molar-refractivity contribution in [3.63, 3.8) is 0 Å². The number of aromatic nitrogens is 2. The molecule has 12 nitrogen and oxygen atoms in total. The van der Waals surface area contributed by atoms with Crippen LogP contribution in [0.4, 0.5) is 22.0 Å². The van der Waals surface area contributed by atoms with Gasteiger partial charge in [-0.15, -0.1) is 0 Å². The Morgan fingerprint density at radius 3 is 2.10 bits per heavy atom. The number of nitrogen functional groups attached to an aromatic ring is 1. The molecule has 2 unspecified atom stereocenters. The molecule has 1 aliphatic carbocycles. The first-order valence-electron chi connectivity index (χ1n) is 16.6. The molecule has 1 fully saturated rings. The van der Waals surface area contributed by atoms with Crippen LogP contribution in [0.3, 0.4) is 0 Å². The second kappa shape index (κ2) is 14.2. The summed E-state index contributed by atoms with van der Waals surface area (Å²) >= 11 is 9.75. The van der Waals surface area contributed by atoms with E-state index in [0.717, 1.165) is 17.2 Å². The summed E-state index contributed by atoms with van der Waals surface area (Å²) in [6.45, 7) is 15.2. The van der Waals surface area contributed by atoms with Gasteiger partial charge in [0.05, 0.1) is 5.69 Å². The van der Waals surface area contributed by atoms with Gasteiger partial charge in [-0.2, -0.15) is 8.42 Å². The number of nitrogens with zero attached hydrogens (tertiary/aromatic N) is 1. The number of halogens is 2.